The Balaban J connectivity index is 2.37. The van der Waals surface area contributed by atoms with Crippen LogP contribution >= 0.6 is 0 Å². The van der Waals surface area contributed by atoms with E-state index in [1.807, 2.05) is 0 Å². The molecule has 0 aromatic rings. The molecule has 1 aliphatic rings. The molecule has 2 atom stereocenters. The second kappa shape index (κ2) is 4.04. The normalized spacial score (nSPS) is 26.4. The molecule has 0 aliphatic carbocycles. The summed E-state index contributed by atoms with van der Waals surface area (Å²) < 4.78 is 0. The number of Topliss-reactive ketones (excluding diaryl/α,β-unsaturated/α-hetero) is 1. The summed E-state index contributed by atoms with van der Waals surface area (Å²) in [5, 5.41) is 0. The zero-order chi connectivity index (χ0) is 9.14. The van der Waals surface area contributed by atoms with E-state index in [-0.39, 0.29) is 6.04 Å². The molecule has 2 nitrogen and oxygen atoms in total. The highest BCUT2D eigenvalue weighted by atomic mass is 16.1. The standard InChI is InChI=1S/C10H19NO/c1-4-5-8(2)11-7-6-10(11)9(3)12/h8,10H,4-7H2,1-3H3/t8?,10-/m0/s1. The number of carbonyl (C=O) groups excluding carboxylic acids is 1. The van der Waals surface area contributed by atoms with Gasteiger partial charge in [-0.1, -0.05) is 13.3 Å². The third-order valence-electron chi connectivity index (χ3n) is 2.80. The maximum atomic E-state index is 11.1. The fraction of sp³-hybridized carbons (Fsp3) is 0.900. The van der Waals surface area contributed by atoms with E-state index in [1.165, 1.54) is 12.8 Å². The van der Waals surface area contributed by atoms with Gasteiger partial charge in [0.1, 0.15) is 5.78 Å². The lowest BCUT2D eigenvalue weighted by molar-refractivity contribution is -0.128. The van der Waals surface area contributed by atoms with Crippen molar-refractivity contribution in [3.05, 3.63) is 0 Å². The highest BCUT2D eigenvalue weighted by Crippen LogP contribution is 2.23. The molecule has 0 aromatic carbocycles. The third-order valence-corrected chi connectivity index (χ3v) is 2.80. The van der Waals surface area contributed by atoms with E-state index < -0.39 is 0 Å². The SMILES string of the molecule is CCCC(C)N1CC[C@H]1C(C)=O. The predicted octanol–water partition coefficient (Wildman–Crippen LogP) is 1.84. The van der Waals surface area contributed by atoms with Crippen molar-refractivity contribution in [1.82, 2.24) is 4.90 Å². The Morgan fingerprint density at radius 2 is 2.33 bits per heavy atom. The molecule has 0 bridgehead atoms. The molecule has 12 heavy (non-hydrogen) atoms. The number of ketones is 1. The van der Waals surface area contributed by atoms with Crippen LogP contribution in [-0.4, -0.2) is 29.3 Å². The second-order valence-electron chi connectivity index (χ2n) is 3.79. The van der Waals surface area contributed by atoms with E-state index in [2.05, 4.69) is 18.7 Å². The first-order chi connectivity index (χ1) is 5.66. The number of likely N-dealkylation sites (tertiary alicyclic amines) is 1. The van der Waals surface area contributed by atoms with Crippen LogP contribution in [0.5, 0.6) is 0 Å². The van der Waals surface area contributed by atoms with Crippen LogP contribution in [-0.2, 0) is 4.79 Å². The highest BCUT2D eigenvalue weighted by Gasteiger charge is 2.34. The molecular formula is C10H19NO. The van der Waals surface area contributed by atoms with Crippen LogP contribution in [0.1, 0.15) is 40.0 Å². The summed E-state index contributed by atoms with van der Waals surface area (Å²) in [6, 6.07) is 0.837. The molecule has 1 heterocycles. The van der Waals surface area contributed by atoms with Crippen molar-refractivity contribution < 1.29 is 4.79 Å². The van der Waals surface area contributed by atoms with Gasteiger partial charge in [0.05, 0.1) is 6.04 Å². The fourth-order valence-electron chi connectivity index (χ4n) is 1.96. The van der Waals surface area contributed by atoms with Crippen molar-refractivity contribution in [3.8, 4) is 0 Å². The van der Waals surface area contributed by atoms with Gasteiger partial charge in [-0.05, 0) is 26.7 Å². The lowest BCUT2D eigenvalue weighted by Gasteiger charge is -2.43. The smallest absolute Gasteiger partial charge is 0.146 e. The number of hydrogen-bond acceptors (Lipinski definition) is 2. The van der Waals surface area contributed by atoms with Gasteiger partial charge >= 0.3 is 0 Å². The highest BCUT2D eigenvalue weighted by molar-refractivity contribution is 5.82. The van der Waals surface area contributed by atoms with Crippen LogP contribution in [0.4, 0.5) is 0 Å². The Morgan fingerprint density at radius 3 is 2.67 bits per heavy atom. The first kappa shape index (κ1) is 9.72. The van der Waals surface area contributed by atoms with E-state index in [1.54, 1.807) is 6.92 Å². The van der Waals surface area contributed by atoms with Gasteiger partial charge in [0.15, 0.2) is 0 Å². The molecule has 1 aliphatic heterocycles. The summed E-state index contributed by atoms with van der Waals surface area (Å²) in [6.07, 6.45) is 3.50. The van der Waals surface area contributed by atoms with Gasteiger partial charge < -0.3 is 0 Å². The molecule has 0 spiro atoms. The maximum Gasteiger partial charge on any atom is 0.146 e. The lowest BCUT2D eigenvalue weighted by atomic mass is 9.95. The molecule has 0 N–H and O–H groups in total. The van der Waals surface area contributed by atoms with Crippen LogP contribution in [0.25, 0.3) is 0 Å². The molecule has 1 rings (SSSR count). The van der Waals surface area contributed by atoms with E-state index >= 15 is 0 Å². The number of hydrogen-bond donors (Lipinski definition) is 0. The van der Waals surface area contributed by atoms with Gasteiger partial charge in [-0.3, -0.25) is 9.69 Å². The van der Waals surface area contributed by atoms with E-state index in [0.717, 1.165) is 13.0 Å². The van der Waals surface area contributed by atoms with Crippen LogP contribution < -0.4 is 0 Å². The first-order valence-electron chi connectivity index (χ1n) is 4.93. The molecular weight excluding hydrogens is 150 g/mol. The molecule has 70 valence electrons. The molecule has 1 fully saturated rings. The van der Waals surface area contributed by atoms with Gasteiger partial charge in [0, 0.05) is 12.6 Å². The van der Waals surface area contributed by atoms with Crippen LogP contribution in [0, 0.1) is 0 Å². The van der Waals surface area contributed by atoms with E-state index in [4.69, 9.17) is 0 Å². The Kier molecular flexibility index (Phi) is 3.27. The molecule has 0 radical (unpaired) electrons. The van der Waals surface area contributed by atoms with Crippen LogP contribution in [0.3, 0.4) is 0 Å². The Bertz CT molecular complexity index is 167. The summed E-state index contributed by atoms with van der Waals surface area (Å²) in [4.78, 5) is 13.4. The first-order valence-corrected chi connectivity index (χ1v) is 4.93. The van der Waals surface area contributed by atoms with E-state index in [0.29, 0.717) is 11.8 Å². The minimum Gasteiger partial charge on any atom is -0.298 e. The zero-order valence-corrected chi connectivity index (χ0v) is 8.34. The number of rotatable bonds is 4. The van der Waals surface area contributed by atoms with Crippen molar-refractivity contribution in [3.63, 3.8) is 0 Å². The van der Waals surface area contributed by atoms with Crippen molar-refractivity contribution in [2.75, 3.05) is 6.54 Å². The minimum atomic E-state index is 0.242. The molecule has 0 aromatic heterocycles. The van der Waals surface area contributed by atoms with E-state index in [9.17, 15) is 4.79 Å². The number of carbonyl (C=O) groups is 1. The molecule has 1 unspecified atom stereocenters. The van der Waals surface area contributed by atoms with Crippen molar-refractivity contribution in [1.29, 1.82) is 0 Å². The largest absolute Gasteiger partial charge is 0.298 e. The average Bonchev–Trinajstić information content (AvgIpc) is 1.82. The molecule has 0 saturated carbocycles. The Labute approximate surface area is 74.9 Å². The summed E-state index contributed by atoms with van der Waals surface area (Å²) >= 11 is 0. The molecule has 0 amide bonds. The third kappa shape index (κ3) is 1.86. The quantitative estimate of drug-likeness (QED) is 0.640. The zero-order valence-electron chi connectivity index (χ0n) is 8.34. The predicted molar refractivity (Wildman–Crippen MR) is 50.2 cm³/mol. The summed E-state index contributed by atoms with van der Waals surface area (Å²) in [6.45, 7) is 7.23. The van der Waals surface area contributed by atoms with Gasteiger partial charge in [-0.15, -0.1) is 0 Å². The summed E-state index contributed by atoms with van der Waals surface area (Å²) in [5.74, 6) is 0.337. The monoisotopic (exact) mass is 169 g/mol. The maximum absolute atomic E-state index is 11.1. The Morgan fingerprint density at radius 1 is 1.67 bits per heavy atom. The minimum absolute atomic E-state index is 0.242. The van der Waals surface area contributed by atoms with Gasteiger partial charge in [-0.25, -0.2) is 0 Å². The van der Waals surface area contributed by atoms with Crippen LogP contribution in [0.2, 0.25) is 0 Å². The molecule has 2 heteroatoms. The summed E-state index contributed by atoms with van der Waals surface area (Å²) in [5.41, 5.74) is 0. The van der Waals surface area contributed by atoms with Gasteiger partial charge in [0.2, 0.25) is 0 Å². The van der Waals surface area contributed by atoms with Crippen molar-refractivity contribution >= 4 is 5.78 Å². The summed E-state index contributed by atoms with van der Waals surface area (Å²) in [7, 11) is 0. The second-order valence-corrected chi connectivity index (χ2v) is 3.79. The topological polar surface area (TPSA) is 20.3 Å². The van der Waals surface area contributed by atoms with Crippen molar-refractivity contribution in [2.24, 2.45) is 0 Å². The number of nitrogens with zero attached hydrogens (tertiary/aromatic N) is 1. The average molecular weight is 169 g/mol. The van der Waals surface area contributed by atoms with Crippen LogP contribution in [0.15, 0.2) is 0 Å². The Hall–Kier alpha value is -0.370. The van der Waals surface area contributed by atoms with Gasteiger partial charge in [-0.2, -0.15) is 0 Å². The van der Waals surface area contributed by atoms with Crippen molar-refractivity contribution in [2.45, 2.75) is 52.1 Å². The fourth-order valence-corrected chi connectivity index (χ4v) is 1.96. The van der Waals surface area contributed by atoms with Gasteiger partial charge in [0.25, 0.3) is 0 Å². The lowest BCUT2D eigenvalue weighted by Crippen LogP contribution is -2.55. The molecule has 1 saturated heterocycles.